The molecule has 1 N–H and O–H groups in total. The Hall–Kier alpha value is -0.900. The molecular weight excluding hydrogens is 234 g/mol. The Morgan fingerprint density at radius 2 is 2.47 bits per heavy atom. The summed E-state index contributed by atoms with van der Waals surface area (Å²) in [4.78, 5) is 17.1. The van der Waals surface area contributed by atoms with Crippen LogP contribution in [0, 0.1) is 24.2 Å². The first kappa shape index (κ1) is 11.2. The lowest BCUT2D eigenvalue weighted by Crippen LogP contribution is -2.38. The zero-order valence-electron chi connectivity index (χ0n) is 9.98. The van der Waals surface area contributed by atoms with Gasteiger partial charge in [-0.1, -0.05) is 6.42 Å². The number of aryl methyl sites for hydroxylation is 1. The highest BCUT2D eigenvalue weighted by molar-refractivity contribution is 7.11. The van der Waals surface area contributed by atoms with Gasteiger partial charge in [-0.15, -0.1) is 11.3 Å². The van der Waals surface area contributed by atoms with Gasteiger partial charge >= 0.3 is 5.97 Å². The lowest BCUT2D eigenvalue weighted by atomic mass is 9.70. The fourth-order valence-corrected chi connectivity index (χ4v) is 4.72. The number of rotatable bonds is 3. The van der Waals surface area contributed by atoms with Gasteiger partial charge in [-0.2, -0.15) is 0 Å². The molecule has 0 saturated heterocycles. The Balaban J connectivity index is 1.89. The Labute approximate surface area is 105 Å². The summed E-state index contributed by atoms with van der Waals surface area (Å²) in [7, 11) is 0. The van der Waals surface area contributed by atoms with Crippen molar-refractivity contribution in [2.75, 3.05) is 0 Å². The molecule has 0 spiro atoms. The van der Waals surface area contributed by atoms with Crippen LogP contribution < -0.4 is 0 Å². The predicted molar refractivity (Wildman–Crippen MR) is 66.1 cm³/mol. The lowest BCUT2D eigenvalue weighted by molar-refractivity contribution is -0.152. The normalized spacial score (nSPS) is 35.4. The highest BCUT2D eigenvalue weighted by Gasteiger charge is 2.55. The van der Waals surface area contributed by atoms with Crippen LogP contribution >= 0.6 is 11.3 Å². The zero-order valence-corrected chi connectivity index (χ0v) is 10.8. The number of nitrogens with zero attached hydrogens (tertiary/aromatic N) is 1. The van der Waals surface area contributed by atoms with Crippen LogP contribution in [0.5, 0.6) is 0 Å². The van der Waals surface area contributed by atoms with E-state index in [-0.39, 0.29) is 0 Å². The average molecular weight is 251 g/mol. The van der Waals surface area contributed by atoms with Gasteiger partial charge < -0.3 is 5.11 Å². The maximum Gasteiger partial charge on any atom is 0.310 e. The second-order valence-electron chi connectivity index (χ2n) is 5.56. The van der Waals surface area contributed by atoms with Gasteiger partial charge in [0.25, 0.3) is 0 Å². The van der Waals surface area contributed by atoms with Crippen molar-refractivity contribution in [3.63, 3.8) is 0 Å². The Morgan fingerprint density at radius 1 is 1.65 bits per heavy atom. The number of thiazole rings is 1. The number of fused-ring (bicyclic) bond motifs is 2. The van der Waals surface area contributed by atoms with E-state index in [1.165, 1.54) is 6.42 Å². The largest absolute Gasteiger partial charge is 0.481 e. The van der Waals surface area contributed by atoms with Crippen LogP contribution in [0.15, 0.2) is 6.20 Å². The molecule has 1 aromatic heterocycles. The van der Waals surface area contributed by atoms with Gasteiger partial charge in [0.1, 0.15) is 0 Å². The minimum atomic E-state index is -0.587. The fourth-order valence-electron chi connectivity index (χ4n) is 3.80. The van der Waals surface area contributed by atoms with E-state index >= 15 is 0 Å². The van der Waals surface area contributed by atoms with Crippen LogP contribution in [0.1, 0.15) is 35.6 Å². The Kier molecular flexibility index (Phi) is 2.51. The molecule has 2 bridgehead atoms. The molecule has 3 rings (SSSR count). The van der Waals surface area contributed by atoms with Crippen molar-refractivity contribution in [1.82, 2.24) is 4.98 Å². The van der Waals surface area contributed by atoms with Gasteiger partial charge in [0.2, 0.25) is 0 Å². The van der Waals surface area contributed by atoms with Crippen LogP contribution in [-0.4, -0.2) is 16.1 Å². The quantitative estimate of drug-likeness (QED) is 0.898. The van der Waals surface area contributed by atoms with Crippen LogP contribution in [0.25, 0.3) is 0 Å². The van der Waals surface area contributed by atoms with Crippen LogP contribution in [0.4, 0.5) is 0 Å². The van der Waals surface area contributed by atoms with E-state index in [9.17, 15) is 9.90 Å². The van der Waals surface area contributed by atoms with E-state index < -0.39 is 11.4 Å². The summed E-state index contributed by atoms with van der Waals surface area (Å²) in [5, 5.41) is 10.7. The first-order valence-electron chi connectivity index (χ1n) is 6.25. The molecular formula is C13H17NO2S. The number of hydrogen-bond donors (Lipinski definition) is 1. The molecule has 4 heteroatoms. The van der Waals surface area contributed by atoms with Gasteiger partial charge in [-0.05, 0) is 44.4 Å². The van der Waals surface area contributed by atoms with Crippen molar-refractivity contribution in [3.05, 3.63) is 16.1 Å². The lowest BCUT2D eigenvalue weighted by Gasteiger charge is -2.33. The molecule has 1 heterocycles. The SMILES string of the molecule is Cc1ncc(CC2(C(=O)O)CC3CCC2C3)s1. The van der Waals surface area contributed by atoms with Crippen LogP contribution in [0.3, 0.4) is 0 Å². The topological polar surface area (TPSA) is 50.2 Å². The summed E-state index contributed by atoms with van der Waals surface area (Å²) in [5.74, 6) is 0.466. The van der Waals surface area contributed by atoms with Crippen molar-refractivity contribution in [2.24, 2.45) is 17.3 Å². The number of aliphatic carboxylic acids is 1. The summed E-state index contributed by atoms with van der Waals surface area (Å²) in [5.41, 5.74) is -0.484. The van der Waals surface area contributed by atoms with Crippen molar-refractivity contribution in [1.29, 1.82) is 0 Å². The van der Waals surface area contributed by atoms with Gasteiger partial charge in [0, 0.05) is 11.1 Å². The van der Waals surface area contributed by atoms with Gasteiger partial charge in [0.15, 0.2) is 0 Å². The number of hydrogen-bond acceptors (Lipinski definition) is 3. The first-order valence-corrected chi connectivity index (χ1v) is 7.06. The summed E-state index contributed by atoms with van der Waals surface area (Å²) < 4.78 is 0. The van der Waals surface area contributed by atoms with Gasteiger partial charge in [-0.25, -0.2) is 4.98 Å². The minimum absolute atomic E-state index is 0.396. The molecule has 3 nitrogen and oxygen atoms in total. The third-order valence-electron chi connectivity index (χ3n) is 4.56. The summed E-state index contributed by atoms with van der Waals surface area (Å²) >= 11 is 1.64. The van der Waals surface area contributed by atoms with Crippen molar-refractivity contribution < 1.29 is 9.90 Å². The molecule has 0 radical (unpaired) electrons. The van der Waals surface area contributed by atoms with Crippen molar-refractivity contribution in [2.45, 2.75) is 39.0 Å². The number of carbonyl (C=O) groups is 1. The number of aromatic nitrogens is 1. The maximum absolute atomic E-state index is 11.7. The molecule has 2 fully saturated rings. The average Bonchev–Trinajstić information content (AvgIpc) is 2.94. The second-order valence-corrected chi connectivity index (χ2v) is 6.88. The molecule has 1 aromatic rings. The predicted octanol–water partition coefficient (Wildman–Crippen LogP) is 2.89. The van der Waals surface area contributed by atoms with Crippen LogP contribution in [0.2, 0.25) is 0 Å². The standard InChI is InChI=1S/C13H17NO2S/c1-8-14-7-11(17-8)6-13(12(15)16)5-9-2-3-10(13)4-9/h7,9-10H,2-6H2,1H3,(H,15,16). The van der Waals surface area contributed by atoms with Gasteiger partial charge in [0.05, 0.1) is 10.4 Å². The third-order valence-corrected chi connectivity index (χ3v) is 5.47. The molecule has 2 aliphatic rings. The summed E-state index contributed by atoms with van der Waals surface area (Å²) in [6.07, 6.45) is 6.90. The number of carboxylic acid groups (broad SMARTS) is 1. The van der Waals surface area contributed by atoms with E-state index in [0.29, 0.717) is 18.3 Å². The Bertz CT molecular complexity index is 456. The van der Waals surface area contributed by atoms with E-state index in [1.807, 2.05) is 13.1 Å². The smallest absolute Gasteiger partial charge is 0.310 e. The molecule has 3 atom stereocenters. The summed E-state index contributed by atoms with van der Waals surface area (Å²) in [6.45, 7) is 1.97. The van der Waals surface area contributed by atoms with Gasteiger partial charge in [-0.3, -0.25) is 4.79 Å². The van der Waals surface area contributed by atoms with E-state index in [0.717, 1.165) is 29.1 Å². The minimum Gasteiger partial charge on any atom is -0.481 e. The molecule has 92 valence electrons. The molecule has 3 unspecified atom stereocenters. The monoisotopic (exact) mass is 251 g/mol. The Morgan fingerprint density at radius 3 is 2.94 bits per heavy atom. The molecule has 0 aliphatic heterocycles. The molecule has 17 heavy (non-hydrogen) atoms. The zero-order chi connectivity index (χ0) is 12.0. The molecule has 2 saturated carbocycles. The fraction of sp³-hybridized carbons (Fsp3) is 0.692. The van der Waals surface area contributed by atoms with Crippen molar-refractivity contribution in [3.8, 4) is 0 Å². The summed E-state index contributed by atoms with van der Waals surface area (Å²) in [6, 6.07) is 0. The molecule has 0 amide bonds. The van der Waals surface area contributed by atoms with E-state index in [2.05, 4.69) is 4.98 Å². The molecule has 2 aliphatic carbocycles. The van der Waals surface area contributed by atoms with Crippen LogP contribution in [-0.2, 0) is 11.2 Å². The third kappa shape index (κ3) is 1.69. The highest BCUT2D eigenvalue weighted by atomic mass is 32.1. The van der Waals surface area contributed by atoms with E-state index in [4.69, 9.17) is 0 Å². The number of carboxylic acids is 1. The molecule has 0 aromatic carbocycles. The van der Waals surface area contributed by atoms with E-state index in [1.54, 1.807) is 11.3 Å². The van der Waals surface area contributed by atoms with Crippen molar-refractivity contribution >= 4 is 17.3 Å². The maximum atomic E-state index is 11.7. The first-order chi connectivity index (χ1) is 8.10. The highest BCUT2D eigenvalue weighted by Crippen LogP contribution is 2.57. The second kappa shape index (κ2) is 3.80.